The first-order chi connectivity index (χ1) is 11.6. The van der Waals surface area contributed by atoms with Crippen LogP contribution < -0.4 is 0 Å². The lowest BCUT2D eigenvalue weighted by atomic mass is 10.2. The summed E-state index contributed by atoms with van der Waals surface area (Å²) < 4.78 is 0. The Labute approximate surface area is 140 Å². The van der Waals surface area contributed by atoms with E-state index in [1.165, 1.54) is 0 Å². The Kier molecular flexibility index (Phi) is 3.69. The van der Waals surface area contributed by atoms with Gasteiger partial charge < -0.3 is 14.7 Å². The van der Waals surface area contributed by atoms with Gasteiger partial charge >= 0.3 is 6.03 Å². The Morgan fingerprint density at radius 2 is 1.58 bits per heavy atom. The van der Waals surface area contributed by atoms with E-state index in [0.29, 0.717) is 39.1 Å². The molecule has 1 unspecified atom stereocenters. The standard InChI is InChI=1S/C16H22N4O4/c21-13(10-20-15(23)12-2-1-5-19(12)16(20)24)17-6-8-18(9-7-17)14(22)11-3-4-11/h11-12H,1-10H2. The second-order valence-corrected chi connectivity index (χ2v) is 7.04. The number of imide groups is 1. The van der Waals surface area contributed by atoms with Gasteiger partial charge in [0.25, 0.3) is 5.91 Å². The number of hydrogen-bond acceptors (Lipinski definition) is 4. The molecule has 4 fully saturated rings. The normalized spacial score (nSPS) is 27.1. The maximum atomic E-state index is 12.4. The molecule has 0 N–H and O–H groups in total. The van der Waals surface area contributed by atoms with Gasteiger partial charge in [-0.05, 0) is 25.7 Å². The second-order valence-electron chi connectivity index (χ2n) is 7.04. The summed E-state index contributed by atoms with van der Waals surface area (Å²) in [5, 5.41) is 0. The molecule has 0 aromatic carbocycles. The summed E-state index contributed by atoms with van der Waals surface area (Å²) in [4.78, 5) is 55.1. The maximum Gasteiger partial charge on any atom is 0.327 e. The third-order valence-electron chi connectivity index (χ3n) is 5.44. The summed E-state index contributed by atoms with van der Waals surface area (Å²) in [6.45, 7) is 2.44. The van der Waals surface area contributed by atoms with Crippen LogP contribution in [0.15, 0.2) is 0 Å². The SMILES string of the molecule is O=C(CN1C(=O)C2CCCN2C1=O)N1CCN(C(=O)C2CC2)CC1. The summed E-state index contributed by atoms with van der Waals surface area (Å²) in [5.41, 5.74) is 0. The van der Waals surface area contributed by atoms with Crippen LogP contribution in [0.5, 0.6) is 0 Å². The first kappa shape index (κ1) is 15.4. The third-order valence-corrected chi connectivity index (χ3v) is 5.44. The van der Waals surface area contributed by atoms with Crippen molar-refractivity contribution in [1.82, 2.24) is 19.6 Å². The van der Waals surface area contributed by atoms with E-state index in [1.807, 2.05) is 4.90 Å². The molecule has 24 heavy (non-hydrogen) atoms. The molecule has 0 aromatic rings. The number of nitrogens with zero attached hydrogens (tertiary/aromatic N) is 4. The van der Waals surface area contributed by atoms with Crippen LogP contribution in [0, 0.1) is 5.92 Å². The zero-order valence-electron chi connectivity index (χ0n) is 13.6. The largest absolute Gasteiger partial charge is 0.339 e. The lowest BCUT2D eigenvalue weighted by molar-refractivity contribution is -0.142. The highest BCUT2D eigenvalue weighted by Crippen LogP contribution is 2.31. The number of urea groups is 1. The molecule has 8 heteroatoms. The minimum atomic E-state index is -0.363. The fourth-order valence-corrected chi connectivity index (χ4v) is 3.83. The minimum absolute atomic E-state index is 0.179. The van der Waals surface area contributed by atoms with E-state index in [9.17, 15) is 19.2 Å². The van der Waals surface area contributed by atoms with Gasteiger partial charge in [0.15, 0.2) is 0 Å². The first-order valence-corrected chi connectivity index (χ1v) is 8.75. The van der Waals surface area contributed by atoms with Gasteiger partial charge in [-0.15, -0.1) is 0 Å². The molecule has 1 atom stereocenters. The van der Waals surface area contributed by atoms with E-state index in [1.54, 1.807) is 9.80 Å². The van der Waals surface area contributed by atoms with E-state index < -0.39 is 0 Å². The Bertz CT molecular complexity index is 573. The van der Waals surface area contributed by atoms with Gasteiger partial charge in [-0.3, -0.25) is 19.3 Å². The van der Waals surface area contributed by atoms with Crippen LogP contribution in [0.4, 0.5) is 4.79 Å². The van der Waals surface area contributed by atoms with Gasteiger partial charge in [0.05, 0.1) is 0 Å². The highest BCUT2D eigenvalue weighted by molar-refractivity contribution is 6.06. The molecular formula is C16H22N4O4. The van der Waals surface area contributed by atoms with Gasteiger partial charge in [-0.25, -0.2) is 4.79 Å². The molecule has 4 rings (SSSR count). The Morgan fingerprint density at radius 1 is 0.917 bits per heavy atom. The summed E-state index contributed by atoms with van der Waals surface area (Å²) in [7, 11) is 0. The van der Waals surface area contributed by atoms with Crippen molar-refractivity contribution < 1.29 is 19.2 Å². The Morgan fingerprint density at radius 3 is 2.21 bits per heavy atom. The molecule has 1 aliphatic carbocycles. The van der Waals surface area contributed by atoms with Crippen molar-refractivity contribution in [2.45, 2.75) is 31.7 Å². The van der Waals surface area contributed by atoms with Crippen LogP contribution in [0.2, 0.25) is 0 Å². The molecule has 0 radical (unpaired) electrons. The van der Waals surface area contributed by atoms with Crippen LogP contribution >= 0.6 is 0 Å². The number of hydrogen-bond donors (Lipinski definition) is 0. The molecule has 130 valence electrons. The zero-order chi connectivity index (χ0) is 16.8. The quantitative estimate of drug-likeness (QED) is 0.651. The molecule has 0 bridgehead atoms. The van der Waals surface area contributed by atoms with Crippen molar-refractivity contribution in [2.24, 2.45) is 5.92 Å². The number of amides is 5. The number of rotatable bonds is 3. The molecule has 3 saturated heterocycles. The summed E-state index contributed by atoms with van der Waals surface area (Å²) in [6.07, 6.45) is 3.50. The molecule has 8 nitrogen and oxygen atoms in total. The predicted molar refractivity (Wildman–Crippen MR) is 82.7 cm³/mol. The maximum absolute atomic E-state index is 12.4. The second kappa shape index (κ2) is 5.75. The topological polar surface area (TPSA) is 81.2 Å². The Balaban J connectivity index is 1.31. The molecule has 5 amide bonds. The van der Waals surface area contributed by atoms with Crippen molar-refractivity contribution in [3.63, 3.8) is 0 Å². The van der Waals surface area contributed by atoms with E-state index in [2.05, 4.69) is 0 Å². The molecule has 3 heterocycles. The van der Waals surface area contributed by atoms with Gasteiger partial charge in [0.2, 0.25) is 11.8 Å². The molecule has 4 aliphatic rings. The summed E-state index contributed by atoms with van der Waals surface area (Å²) in [5.74, 6) is -0.0574. The minimum Gasteiger partial charge on any atom is -0.339 e. The van der Waals surface area contributed by atoms with Gasteiger partial charge in [-0.1, -0.05) is 0 Å². The average Bonchev–Trinajstić information content (AvgIpc) is 3.29. The fraction of sp³-hybridized carbons (Fsp3) is 0.750. The van der Waals surface area contributed by atoms with Crippen LogP contribution in [0.1, 0.15) is 25.7 Å². The van der Waals surface area contributed by atoms with Crippen molar-refractivity contribution >= 4 is 23.8 Å². The van der Waals surface area contributed by atoms with Crippen LogP contribution in [-0.2, 0) is 14.4 Å². The summed E-state index contributed by atoms with van der Waals surface area (Å²) in [6, 6.07) is -0.697. The molecule has 0 aromatic heterocycles. The van der Waals surface area contributed by atoms with Gasteiger partial charge in [-0.2, -0.15) is 0 Å². The van der Waals surface area contributed by atoms with Gasteiger partial charge in [0, 0.05) is 38.6 Å². The lowest BCUT2D eigenvalue weighted by Crippen LogP contribution is -2.53. The lowest BCUT2D eigenvalue weighted by Gasteiger charge is -2.35. The highest BCUT2D eigenvalue weighted by atomic mass is 16.2. The number of carbonyl (C=O) groups excluding carboxylic acids is 4. The predicted octanol–water partition coefficient (Wildman–Crippen LogP) is -0.506. The molecule has 3 aliphatic heterocycles. The van der Waals surface area contributed by atoms with Crippen molar-refractivity contribution in [3.8, 4) is 0 Å². The highest BCUT2D eigenvalue weighted by Gasteiger charge is 2.48. The van der Waals surface area contributed by atoms with Crippen LogP contribution in [-0.4, -0.2) is 88.7 Å². The first-order valence-electron chi connectivity index (χ1n) is 8.75. The van der Waals surface area contributed by atoms with Crippen molar-refractivity contribution in [1.29, 1.82) is 0 Å². The van der Waals surface area contributed by atoms with Crippen molar-refractivity contribution in [2.75, 3.05) is 39.3 Å². The van der Waals surface area contributed by atoms with Crippen LogP contribution in [0.25, 0.3) is 0 Å². The smallest absolute Gasteiger partial charge is 0.327 e. The molecular weight excluding hydrogens is 312 g/mol. The average molecular weight is 334 g/mol. The number of fused-ring (bicyclic) bond motifs is 1. The molecule has 0 spiro atoms. The summed E-state index contributed by atoms with van der Waals surface area (Å²) >= 11 is 0. The third kappa shape index (κ3) is 2.53. The van der Waals surface area contributed by atoms with Crippen molar-refractivity contribution in [3.05, 3.63) is 0 Å². The van der Waals surface area contributed by atoms with E-state index in [4.69, 9.17) is 0 Å². The van der Waals surface area contributed by atoms with E-state index >= 15 is 0 Å². The molecule has 1 saturated carbocycles. The van der Waals surface area contributed by atoms with Crippen LogP contribution in [0.3, 0.4) is 0 Å². The zero-order valence-corrected chi connectivity index (χ0v) is 13.6. The fourth-order valence-electron chi connectivity index (χ4n) is 3.83. The Hall–Kier alpha value is -2.12. The number of piperazine rings is 1. The van der Waals surface area contributed by atoms with E-state index in [-0.39, 0.29) is 42.3 Å². The number of carbonyl (C=O) groups is 4. The van der Waals surface area contributed by atoms with E-state index in [0.717, 1.165) is 24.2 Å². The van der Waals surface area contributed by atoms with Gasteiger partial charge in [0.1, 0.15) is 12.6 Å². The monoisotopic (exact) mass is 334 g/mol.